The van der Waals surface area contributed by atoms with Crippen LogP contribution >= 0.6 is 0 Å². The van der Waals surface area contributed by atoms with Crippen molar-refractivity contribution in [1.82, 2.24) is 9.29 Å². The van der Waals surface area contributed by atoms with Crippen molar-refractivity contribution in [3.63, 3.8) is 0 Å². The first-order valence-electron chi connectivity index (χ1n) is 6.31. The molecule has 114 valence electrons. The number of sulfonamides is 1. The summed E-state index contributed by atoms with van der Waals surface area (Å²) in [6, 6.07) is 0.944. The lowest BCUT2D eigenvalue weighted by Gasteiger charge is -2.22. The van der Waals surface area contributed by atoms with Gasteiger partial charge in [-0.05, 0) is 18.9 Å². The molecular weight excluding hydrogens is 302 g/mol. The summed E-state index contributed by atoms with van der Waals surface area (Å²) in [4.78, 5) is 0.114. The smallest absolute Gasteiger partial charge is 0.242 e. The molecule has 0 bridgehead atoms. The van der Waals surface area contributed by atoms with E-state index in [1.807, 2.05) is 0 Å². The van der Waals surface area contributed by atoms with Crippen molar-refractivity contribution in [3.8, 4) is 0 Å². The number of nitrogens with two attached hydrogens (primary N) is 1. The van der Waals surface area contributed by atoms with Gasteiger partial charge in [0.15, 0.2) is 9.84 Å². The minimum Gasteiger partial charge on any atom is -0.352 e. The molecule has 1 aromatic rings. The Kier molecular flexibility index (Phi) is 4.24. The maximum absolute atomic E-state index is 12.2. The van der Waals surface area contributed by atoms with Crippen LogP contribution in [0.25, 0.3) is 0 Å². The molecule has 20 heavy (non-hydrogen) atoms. The Morgan fingerprint density at radius 3 is 2.75 bits per heavy atom. The summed E-state index contributed by atoms with van der Waals surface area (Å²) in [6.07, 6.45) is 2.50. The molecule has 7 nitrogen and oxygen atoms in total. The largest absolute Gasteiger partial charge is 0.352 e. The fourth-order valence-corrected chi connectivity index (χ4v) is 5.44. The van der Waals surface area contributed by atoms with Gasteiger partial charge in [0.1, 0.15) is 0 Å². The number of aryl methyl sites for hydroxylation is 1. The maximum atomic E-state index is 12.2. The molecule has 1 aromatic heterocycles. The van der Waals surface area contributed by atoms with Crippen LogP contribution in [-0.4, -0.2) is 39.0 Å². The van der Waals surface area contributed by atoms with E-state index in [2.05, 4.69) is 4.72 Å². The van der Waals surface area contributed by atoms with E-state index in [0.717, 1.165) is 0 Å². The van der Waals surface area contributed by atoms with Crippen LogP contribution in [0, 0.1) is 0 Å². The first-order valence-corrected chi connectivity index (χ1v) is 9.62. The molecular formula is C11H19N3O4S2. The minimum atomic E-state index is -3.71. The van der Waals surface area contributed by atoms with E-state index >= 15 is 0 Å². The Balaban J connectivity index is 2.18. The van der Waals surface area contributed by atoms with Gasteiger partial charge in [0.2, 0.25) is 10.0 Å². The molecule has 0 aromatic carbocycles. The molecule has 0 aliphatic carbocycles. The summed E-state index contributed by atoms with van der Waals surface area (Å²) in [5, 5.41) is 0. The quantitative estimate of drug-likeness (QED) is 0.764. The predicted octanol–water partition coefficient (Wildman–Crippen LogP) is -0.661. The van der Waals surface area contributed by atoms with Gasteiger partial charge in [0, 0.05) is 31.5 Å². The number of rotatable bonds is 4. The zero-order chi connectivity index (χ0) is 15.0. The second kappa shape index (κ2) is 5.47. The van der Waals surface area contributed by atoms with Crippen LogP contribution in [-0.2, 0) is 33.5 Å². The molecule has 1 aliphatic rings. The molecule has 0 saturated carbocycles. The fourth-order valence-electron chi connectivity index (χ4n) is 2.33. The second-order valence-electron chi connectivity index (χ2n) is 5.06. The highest BCUT2D eigenvalue weighted by Gasteiger charge is 2.29. The van der Waals surface area contributed by atoms with Crippen molar-refractivity contribution >= 4 is 19.9 Å². The third-order valence-corrected chi connectivity index (χ3v) is 6.70. The van der Waals surface area contributed by atoms with Crippen LogP contribution in [0.3, 0.4) is 0 Å². The Morgan fingerprint density at radius 1 is 1.50 bits per heavy atom. The molecule has 1 atom stereocenters. The number of hydrogen-bond acceptors (Lipinski definition) is 5. The predicted molar refractivity (Wildman–Crippen MR) is 75.3 cm³/mol. The van der Waals surface area contributed by atoms with Gasteiger partial charge in [0.25, 0.3) is 0 Å². The number of nitrogens with one attached hydrogen (secondary N) is 1. The van der Waals surface area contributed by atoms with E-state index in [4.69, 9.17) is 5.73 Å². The molecule has 1 aliphatic heterocycles. The second-order valence-corrected chi connectivity index (χ2v) is 9.00. The lowest BCUT2D eigenvalue weighted by molar-refractivity contribution is 0.517. The van der Waals surface area contributed by atoms with Crippen molar-refractivity contribution in [3.05, 3.63) is 18.0 Å². The van der Waals surface area contributed by atoms with E-state index in [1.54, 1.807) is 11.6 Å². The molecule has 2 rings (SSSR count). The average Bonchev–Trinajstić information content (AvgIpc) is 2.69. The van der Waals surface area contributed by atoms with Crippen molar-refractivity contribution in [2.24, 2.45) is 12.8 Å². The van der Waals surface area contributed by atoms with Crippen LogP contribution in [0.5, 0.6) is 0 Å². The summed E-state index contributed by atoms with van der Waals surface area (Å²) < 4.78 is 51.6. The van der Waals surface area contributed by atoms with Crippen LogP contribution < -0.4 is 10.5 Å². The molecule has 0 spiro atoms. The molecule has 1 unspecified atom stereocenters. The molecule has 3 N–H and O–H groups in total. The summed E-state index contributed by atoms with van der Waals surface area (Å²) >= 11 is 0. The summed E-state index contributed by atoms with van der Waals surface area (Å²) in [7, 11) is -5.14. The highest BCUT2D eigenvalue weighted by atomic mass is 32.2. The first-order chi connectivity index (χ1) is 9.23. The molecule has 0 radical (unpaired) electrons. The average molecular weight is 321 g/mol. The van der Waals surface area contributed by atoms with Crippen molar-refractivity contribution in [2.75, 3.05) is 11.5 Å². The zero-order valence-corrected chi connectivity index (χ0v) is 12.9. The number of nitrogens with zero attached hydrogens (tertiary/aromatic N) is 1. The van der Waals surface area contributed by atoms with Gasteiger partial charge in [-0.3, -0.25) is 0 Å². The molecule has 1 fully saturated rings. The van der Waals surface area contributed by atoms with E-state index in [9.17, 15) is 16.8 Å². The number of hydrogen-bond donors (Lipinski definition) is 2. The van der Waals surface area contributed by atoms with Gasteiger partial charge in [-0.2, -0.15) is 0 Å². The zero-order valence-electron chi connectivity index (χ0n) is 11.2. The lowest BCUT2D eigenvalue weighted by atomic mass is 10.2. The van der Waals surface area contributed by atoms with Crippen molar-refractivity contribution < 1.29 is 16.8 Å². The van der Waals surface area contributed by atoms with Crippen LogP contribution in [0.15, 0.2) is 17.2 Å². The normalized spacial score (nSPS) is 22.8. The van der Waals surface area contributed by atoms with Gasteiger partial charge in [0.05, 0.1) is 16.4 Å². The fraction of sp³-hybridized carbons (Fsp3) is 0.636. The van der Waals surface area contributed by atoms with E-state index in [1.165, 1.54) is 12.3 Å². The summed E-state index contributed by atoms with van der Waals surface area (Å²) in [5.41, 5.74) is 6.21. The highest BCUT2D eigenvalue weighted by molar-refractivity contribution is 7.91. The van der Waals surface area contributed by atoms with E-state index in [-0.39, 0.29) is 22.9 Å². The number of aromatic nitrogens is 1. The van der Waals surface area contributed by atoms with Gasteiger partial charge in [-0.15, -0.1) is 0 Å². The molecule has 0 amide bonds. The van der Waals surface area contributed by atoms with E-state index in [0.29, 0.717) is 18.5 Å². The Morgan fingerprint density at radius 2 is 2.20 bits per heavy atom. The molecule has 2 heterocycles. The monoisotopic (exact) mass is 321 g/mol. The topological polar surface area (TPSA) is 111 Å². The Hall–Kier alpha value is -0.900. The minimum absolute atomic E-state index is 0.114. The van der Waals surface area contributed by atoms with Gasteiger partial charge >= 0.3 is 0 Å². The SMILES string of the molecule is Cn1cc(S(=O)(=O)NC2CCCS(=O)(=O)C2)cc1CN. The summed E-state index contributed by atoms with van der Waals surface area (Å²) in [6.45, 7) is 0.240. The van der Waals surface area contributed by atoms with Gasteiger partial charge in [-0.1, -0.05) is 0 Å². The van der Waals surface area contributed by atoms with Gasteiger partial charge < -0.3 is 10.3 Å². The molecule has 9 heteroatoms. The van der Waals surface area contributed by atoms with Crippen LogP contribution in [0.1, 0.15) is 18.5 Å². The maximum Gasteiger partial charge on any atom is 0.242 e. The number of sulfone groups is 1. The highest BCUT2D eigenvalue weighted by Crippen LogP contribution is 2.17. The molecule has 1 saturated heterocycles. The summed E-state index contributed by atoms with van der Waals surface area (Å²) in [5.74, 6) is -0.00328. The Labute approximate surface area is 119 Å². The lowest BCUT2D eigenvalue weighted by Crippen LogP contribution is -2.43. The third kappa shape index (κ3) is 3.40. The van der Waals surface area contributed by atoms with Gasteiger partial charge in [-0.25, -0.2) is 21.6 Å². The standard InChI is InChI=1S/C11H19N3O4S2/c1-14-7-11(5-10(14)6-12)20(17,18)13-9-3-2-4-19(15,16)8-9/h5,7,9,13H,2-4,6,8,12H2,1H3. The van der Waals surface area contributed by atoms with E-state index < -0.39 is 25.9 Å². The van der Waals surface area contributed by atoms with Crippen molar-refractivity contribution in [1.29, 1.82) is 0 Å². The van der Waals surface area contributed by atoms with Crippen molar-refractivity contribution in [2.45, 2.75) is 30.3 Å². The third-order valence-electron chi connectivity index (χ3n) is 3.39. The van der Waals surface area contributed by atoms with Crippen LogP contribution in [0.2, 0.25) is 0 Å². The van der Waals surface area contributed by atoms with Crippen LogP contribution in [0.4, 0.5) is 0 Å². The Bertz CT molecular complexity index is 691. The first kappa shape index (κ1) is 15.5.